The molecule has 1 aliphatic heterocycles. The maximum absolute atomic E-state index is 13.5. The maximum Gasteiger partial charge on any atom is 0.338 e. The third-order valence-corrected chi connectivity index (χ3v) is 6.96. The van der Waals surface area contributed by atoms with Crippen molar-refractivity contribution in [3.05, 3.63) is 118 Å². The van der Waals surface area contributed by atoms with Gasteiger partial charge in [-0.3, -0.25) is 9.69 Å². The molecule has 4 aromatic rings. The molecule has 0 aliphatic carbocycles. The summed E-state index contributed by atoms with van der Waals surface area (Å²) in [5, 5.41) is 0.613. The second-order valence-corrected chi connectivity index (χ2v) is 10.5. The van der Waals surface area contributed by atoms with Crippen molar-refractivity contribution in [3.8, 4) is 11.3 Å². The summed E-state index contributed by atoms with van der Waals surface area (Å²) in [5.41, 5.74) is 4.14. The first-order chi connectivity index (χ1) is 18.9. The summed E-state index contributed by atoms with van der Waals surface area (Å²) in [6.45, 7) is 6.07. The average molecular weight is 537 g/mol. The van der Waals surface area contributed by atoms with E-state index in [1.807, 2.05) is 93.6 Å². The van der Waals surface area contributed by atoms with Gasteiger partial charge >= 0.3 is 5.97 Å². The summed E-state index contributed by atoms with van der Waals surface area (Å²) in [4.78, 5) is 32.9. The summed E-state index contributed by atoms with van der Waals surface area (Å²) in [6.07, 6.45) is 1.54. The van der Waals surface area contributed by atoms with Crippen molar-refractivity contribution in [2.75, 3.05) is 0 Å². The monoisotopic (exact) mass is 536 g/mol. The number of rotatable bonds is 7. The Kier molecular flexibility index (Phi) is 7.79. The van der Waals surface area contributed by atoms with E-state index in [2.05, 4.69) is 0 Å². The topological polar surface area (TPSA) is 72.1 Å². The van der Waals surface area contributed by atoms with Gasteiger partial charge < -0.3 is 9.15 Å². The summed E-state index contributed by atoms with van der Waals surface area (Å²) in [6, 6.07) is 28.5. The molecule has 1 aromatic heterocycles. The Hall–Kier alpha value is -4.36. The zero-order valence-corrected chi connectivity index (χ0v) is 22.8. The van der Waals surface area contributed by atoms with Crippen LogP contribution in [0.4, 0.5) is 5.69 Å². The molecular weight excluding hydrogens is 508 g/mol. The van der Waals surface area contributed by atoms with E-state index in [0.29, 0.717) is 33.7 Å². The van der Waals surface area contributed by atoms with E-state index in [-0.39, 0.29) is 18.0 Å². The molecule has 39 heavy (non-hydrogen) atoms. The summed E-state index contributed by atoms with van der Waals surface area (Å²) >= 11 is 1.32. The van der Waals surface area contributed by atoms with Crippen LogP contribution in [0.2, 0.25) is 0 Å². The summed E-state index contributed by atoms with van der Waals surface area (Å²) in [5.74, 6) is 0.608. The van der Waals surface area contributed by atoms with Crippen molar-refractivity contribution < 1.29 is 18.7 Å². The van der Waals surface area contributed by atoms with Crippen molar-refractivity contribution >= 4 is 40.6 Å². The van der Waals surface area contributed by atoms with Gasteiger partial charge in [-0.2, -0.15) is 0 Å². The average Bonchev–Trinajstić information content (AvgIpc) is 3.51. The first-order valence-electron chi connectivity index (χ1n) is 12.7. The lowest BCUT2D eigenvalue weighted by molar-refractivity contribution is -0.122. The highest BCUT2D eigenvalue weighted by Crippen LogP contribution is 2.36. The Balaban J connectivity index is 1.42. The highest BCUT2D eigenvalue weighted by Gasteiger charge is 2.33. The number of aliphatic imine (C=N–C) groups is 1. The quantitative estimate of drug-likeness (QED) is 0.179. The number of esters is 1. The minimum atomic E-state index is -0.382. The van der Waals surface area contributed by atoms with E-state index in [1.54, 1.807) is 29.2 Å². The maximum atomic E-state index is 13.5. The number of hydrogen-bond donors (Lipinski definition) is 0. The van der Waals surface area contributed by atoms with Crippen LogP contribution < -0.4 is 0 Å². The fourth-order valence-corrected chi connectivity index (χ4v) is 5.00. The number of aryl methyl sites for hydroxylation is 1. The molecule has 1 fully saturated rings. The van der Waals surface area contributed by atoms with E-state index >= 15 is 0 Å². The SMILES string of the molecule is Cc1ccc(N=C2S/C(=C/c3ccc(-c4cccc(C(=O)OC(C)C)c4)o3)C(=O)N2Cc2ccccc2)cc1. The van der Waals surface area contributed by atoms with Gasteiger partial charge in [0.2, 0.25) is 0 Å². The Bertz CT molecular complexity index is 1550. The predicted molar refractivity (Wildman–Crippen MR) is 156 cm³/mol. The lowest BCUT2D eigenvalue weighted by Gasteiger charge is -2.15. The zero-order chi connectivity index (χ0) is 27.4. The van der Waals surface area contributed by atoms with Crippen LogP contribution in [0.1, 0.15) is 41.1 Å². The van der Waals surface area contributed by atoms with Crippen LogP contribution in [-0.2, 0) is 16.1 Å². The molecule has 7 heteroatoms. The van der Waals surface area contributed by atoms with Gasteiger partial charge in [0.25, 0.3) is 5.91 Å². The molecule has 3 aromatic carbocycles. The second kappa shape index (κ2) is 11.6. The number of nitrogens with zero attached hydrogens (tertiary/aromatic N) is 2. The van der Waals surface area contributed by atoms with E-state index in [0.717, 1.165) is 22.4 Å². The standard InChI is InChI=1S/C32H28N2O4S/c1-21(2)37-31(36)25-11-7-10-24(18-25)28-17-16-27(38-28)19-29-30(35)34(20-23-8-5-4-6-9-23)32(39-29)33-26-14-12-22(3)13-15-26/h4-19,21H,20H2,1-3H3/b29-19+,33-32?. The first-order valence-corrected chi connectivity index (χ1v) is 13.5. The van der Waals surface area contributed by atoms with Crippen molar-refractivity contribution in [1.82, 2.24) is 4.90 Å². The van der Waals surface area contributed by atoms with Crippen LogP contribution in [0, 0.1) is 6.92 Å². The van der Waals surface area contributed by atoms with Crippen LogP contribution in [-0.4, -0.2) is 28.0 Å². The molecular formula is C32H28N2O4S. The van der Waals surface area contributed by atoms with Gasteiger partial charge in [0, 0.05) is 11.6 Å². The van der Waals surface area contributed by atoms with Gasteiger partial charge in [-0.05, 0) is 74.5 Å². The molecule has 5 rings (SSSR count). The third-order valence-electron chi connectivity index (χ3n) is 5.96. The normalized spacial score (nSPS) is 15.5. The van der Waals surface area contributed by atoms with Crippen molar-refractivity contribution in [3.63, 3.8) is 0 Å². The Morgan fingerprint density at radius 1 is 1.00 bits per heavy atom. The van der Waals surface area contributed by atoms with Gasteiger partial charge in [0.15, 0.2) is 5.17 Å². The molecule has 1 amide bonds. The fourth-order valence-electron chi connectivity index (χ4n) is 4.02. The number of amidine groups is 1. The van der Waals surface area contributed by atoms with Crippen LogP contribution >= 0.6 is 11.8 Å². The molecule has 2 heterocycles. The molecule has 0 spiro atoms. The largest absolute Gasteiger partial charge is 0.459 e. The Morgan fingerprint density at radius 3 is 2.51 bits per heavy atom. The number of carbonyl (C=O) groups excluding carboxylic acids is 2. The molecule has 1 aliphatic rings. The molecule has 0 saturated carbocycles. The van der Waals surface area contributed by atoms with Gasteiger partial charge in [-0.1, -0.05) is 60.2 Å². The molecule has 1 saturated heterocycles. The van der Waals surface area contributed by atoms with Gasteiger partial charge in [-0.15, -0.1) is 0 Å². The molecule has 0 atom stereocenters. The van der Waals surface area contributed by atoms with E-state index < -0.39 is 0 Å². The van der Waals surface area contributed by atoms with Crippen LogP contribution in [0.15, 0.2) is 105 Å². The van der Waals surface area contributed by atoms with Gasteiger partial charge in [0.05, 0.1) is 28.8 Å². The number of benzene rings is 3. The second-order valence-electron chi connectivity index (χ2n) is 9.45. The van der Waals surface area contributed by atoms with Crippen LogP contribution in [0.3, 0.4) is 0 Å². The lowest BCUT2D eigenvalue weighted by Crippen LogP contribution is -2.28. The van der Waals surface area contributed by atoms with Crippen LogP contribution in [0.25, 0.3) is 17.4 Å². The summed E-state index contributed by atoms with van der Waals surface area (Å²) < 4.78 is 11.4. The minimum Gasteiger partial charge on any atom is -0.459 e. The molecule has 6 nitrogen and oxygen atoms in total. The number of thioether (sulfide) groups is 1. The van der Waals surface area contributed by atoms with E-state index in [9.17, 15) is 9.59 Å². The van der Waals surface area contributed by atoms with Crippen molar-refractivity contribution in [1.29, 1.82) is 0 Å². The Labute approximate surface area is 232 Å². The number of hydrogen-bond acceptors (Lipinski definition) is 6. The van der Waals surface area contributed by atoms with Gasteiger partial charge in [-0.25, -0.2) is 9.79 Å². The molecule has 196 valence electrons. The highest BCUT2D eigenvalue weighted by atomic mass is 32.2. The number of carbonyl (C=O) groups is 2. The van der Waals surface area contributed by atoms with Crippen molar-refractivity contribution in [2.45, 2.75) is 33.4 Å². The zero-order valence-electron chi connectivity index (χ0n) is 22.0. The van der Waals surface area contributed by atoms with Gasteiger partial charge in [0.1, 0.15) is 11.5 Å². The third kappa shape index (κ3) is 6.38. The lowest BCUT2D eigenvalue weighted by atomic mass is 10.1. The molecule has 0 bridgehead atoms. The number of amides is 1. The molecule has 0 N–H and O–H groups in total. The molecule has 0 unspecified atom stereocenters. The first kappa shape index (κ1) is 26.3. The smallest absolute Gasteiger partial charge is 0.338 e. The Morgan fingerprint density at radius 2 is 1.77 bits per heavy atom. The fraction of sp³-hybridized carbons (Fsp3) is 0.156. The van der Waals surface area contributed by atoms with E-state index in [4.69, 9.17) is 14.1 Å². The highest BCUT2D eigenvalue weighted by molar-refractivity contribution is 8.18. The van der Waals surface area contributed by atoms with Crippen LogP contribution in [0.5, 0.6) is 0 Å². The number of ether oxygens (including phenoxy) is 1. The number of furan rings is 1. The van der Waals surface area contributed by atoms with E-state index in [1.165, 1.54) is 11.8 Å². The molecule has 0 radical (unpaired) electrons. The predicted octanol–water partition coefficient (Wildman–Crippen LogP) is 7.62. The minimum absolute atomic E-state index is 0.133. The summed E-state index contributed by atoms with van der Waals surface area (Å²) in [7, 11) is 0. The van der Waals surface area contributed by atoms with Crippen molar-refractivity contribution in [2.24, 2.45) is 4.99 Å².